The summed E-state index contributed by atoms with van der Waals surface area (Å²) in [5.74, 6) is -0.903. The van der Waals surface area contributed by atoms with Gasteiger partial charge in [0.25, 0.3) is 10.0 Å². The molecule has 0 saturated heterocycles. The van der Waals surface area contributed by atoms with Gasteiger partial charge < -0.3 is 15.0 Å². The Morgan fingerprint density at radius 1 is 0.951 bits per heavy atom. The summed E-state index contributed by atoms with van der Waals surface area (Å²) in [5.41, 5.74) is 0.811. The number of nitrogens with one attached hydrogen (secondary N) is 1. The predicted octanol–water partition coefficient (Wildman–Crippen LogP) is 5.41. The highest BCUT2D eigenvalue weighted by molar-refractivity contribution is 7.92. The van der Waals surface area contributed by atoms with Crippen LogP contribution < -0.4 is 14.4 Å². The third-order valence-corrected chi connectivity index (χ3v) is 8.59. The third kappa shape index (κ3) is 8.43. The summed E-state index contributed by atoms with van der Waals surface area (Å²) in [4.78, 5) is 28.2. The molecule has 0 radical (unpaired) electrons. The minimum absolute atomic E-state index is 0.0354. The molecule has 2 amide bonds. The second kappa shape index (κ2) is 14.3. The third-order valence-electron chi connectivity index (χ3n) is 6.55. The number of rotatable bonds is 13. The van der Waals surface area contributed by atoms with E-state index in [1.165, 1.54) is 53.4 Å². The number of benzene rings is 3. The molecule has 3 aromatic rings. The van der Waals surface area contributed by atoms with Crippen molar-refractivity contribution in [1.82, 2.24) is 10.2 Å². The lowest BCUT2D eigenvalue weighted by atomic mass is 10.1. The highest BCUT2D eigenvalue weighted by Crippen LogP contribution is 2.27. The number of anilines is 1. The van der Waals surface area contributed by atoms with Gasteiger partial charge in [-0.1, -0.05) is 30.7 Å². The Hall–Kier alpha value is -3.63. The fraction of sp³-hybridized carbons (Fsp3) is 0.333. The van der Waals surface area contributed by atoms with Crippen molar-refractivity contribution < 1.29 is 27.1 Å². The minimum Gasteiger partial charge on any atom is -0.494 e. The van der Waals surface area contributed by atoms with Crippen LogP contribution in [0.4, 0.5) is 10.1 Å². The van der Waals surface area contributed by atoms with Gasteiger partial charge in [-0.2, -0.15) is 0 Å². The van der Waals surface area contributed by atoms with Gasteiger partial charge in [-0.05, 0) is 93.4 Å². The van der Waals surface area contributed by atoms with Crippen molar-refractivity contribution >= 4 is 39.1 Å². The minimum atomic E-state index is -4.24. The van der Waals surface area contributed by atoms with Gasteiger partial charge in [0.05, 0.1) is 17.2 Å². The highest BCUT2D eigenvalue weighted by atomic mass is 35.5. The first-order valence-corrected chi connectivity index (χ1v) is 15.1. The van der Waals surface area contributed by atoms with E-state index in [2.05, 4.69) is 5.32 Å². The van der Waals surface area contributed by atoms with Gasteiger partial charge in [-0.15, -0.1) is 0 Å². The van der Waals surface area contributed by atoms with Crippen LogP contribution in [0, 0.1) is 5.82 Å². The fourth-order valence-electron chi connectivity index (χ4n) is 3.97. The Labute approximate surface area is 246 Å². The van der Waals surface area contributed by atoms with Crippen LogP contribution in [0.15, 0.2) is 77.7 Å². The number of carbonyl (C=O) groups is 2. The van der Waals surface area contributed by atoms with E-state index < -0.39 is 34.3 Å². The lowest BCUT2D eigenvalue weighted by Crippen LogP contribution is -2.52. The van der Waals surface area contributed by atoms with E-state index in [9.17, 15) is 22.4 Å². The quantitative estimate of drug-likeness (QED) is 0.282. The van der Waals surface area contributed by atoms with Crippen molar-refractivity contribution in [3.8, 4) is 5.75 Å². The van der Waals surface area contributed by atoms with Crippen molar-refractivity contribution in [1.29, 1.82) is 0 Å². The second-order valence-electron chi connectivity index (χ2n) is 9.53. The van der Waals surface area contributed by atoms with Crippen molar-refractivity contribution in [3.05, 3.63) is 89.2 Å². The molecule has 0 aliphatic heterocycles. The first-order valence-electron chi connectivity index (χ1n) is 13.3. The Bertz CT molecular complexity index is 1420. The normalized spacial score (nSPS) is 12.7. The van der Waals surface area contributed by atoms with E-state index in [0.717, 1.165) is 4.31 Å². The molecule has 0 aromatic heterocycles. The van der Waals surface area contributed by atoms with Gasteiger partial charge in [0.2, 0.25) is 11.8 Å². The molecule has 0 spiro atoms. The van der Waals surface area contributed by atoms with Gasteiger partial charge in [0.15, 0.2) is 0 Å². The molecule has 2 atom stereocenters. The molecule has 3 aromatic carbocycles. The summed E-state index contributed by atoms with van der Waals surface area (Å²) < 4.78 is 47.8. The standard InChI is InChI=1S/C30H35ClFN3O5S/c1-5-21(3)33-30(37)22(4)34(19-23-7-11-25(32)12-8-23)29(36)20-35(26-13-15-27(16-14-26)40-6-2)41(38,39)28-17-9-24(31)10-18-28/h7-18,21-22H,5-6,19-20H2,1-4H3,(H,33,37)/t21-,22+/m1/s1. The van der Waals surface area contributed by atoms with Crippen LogP contribution in [0.1, 0.15) is 39.7 Å². The Balaban J connectivity index is 2.02. The molecule has 0 aliphatic carbocycles. The SMILES string of the molecule is CCOc1ccc(N(CC(=O)N(Cc2ccc(F)cc2)[C@@H](C)C(=O)N[C@H](C)CC)S(=O)(=O)c2ccc(Cl)cc2)cc1. The monoisotopic (exact) mass is 603 g/mol. The van der Waals surface area contributed by atoms with Crippen LogP contribution in [0.5, 0.6) is 5.75 Å². The topological polar surface area (TPSA) is 96.0 Å². The summed E-state index contributed by atoms with van der Waals surface area (Å²) in [5, 5.41) is 3.23. The molecule has 0 saturated carbocycles. The maximum Gasteiger partial charge on any atom is 0.264 e. The highest BCUT2D eigenvalue weighted by Gasteiger charge is 2.32. The molecular formula is C30H35ClFN3O5S. The zero-order valence-electron chi connectivity index (χ0n) is 23.5. The van der Waals surface area contributed by atoms with Gasteiger partial charge in [0, 0.05) is 17.6 Å². The molecule has 0 heterocycles. The molecule has 0 aliphatic rings. The molecule has 11 heteroatoms. The van der Waals surface area contributed by atoms with Gasteiger partial charge in [-0.25, -0.2) is 12.8 Å². The van der Waals surface area contributed by atoms with E-state index >= 15 is 0 Å². The molecule has 0 bridgehead atoms. The van der Waals surface area contributed by atoms with E-state index in [1.54, 1.807) is 31.2 Å². The lowest BCUT2D eigenvalue weighted by Gasteiger charge is -2.32. The number of nitrogens with zero attached hydrogens (tertiary/aromatic N) is 2. The molecular weight excluding hydrogens is 569 g/mol. The first kappa shape index (κ1) is 31.9. The maximum absolute atomic E-state index is 13.9. The molecule has 0 fully saturated rings. The van der Waals surface area contributed by atoms with Gasteiger partial charge in [-0.3, -0.25) is 13.9 Å². The average molecular weight is 604 g/mol. The summed E-state index contributed by atoms with van der Waals surface area (Å²) in [6, 6.07) is 16.5. The van der Waals surface area contributed by atoms with Crippen LogP contribution in [-0.4, -0.2) is 50.4 Å². The lowest BCUT2D eigenvalue weighted by molar-refractivity contribution is -0.139. The van der Waals surface area contributed by atoms with Crippen LogP contribution in [0.3, 0.4) is 0 Å². The summed E-state index contributed by atoms with van der Waals surface area (Å²) >= 11 is 5.98. The van der Waals surface area contributed by atoms with E-state index in [-0.39, 0.29) is 29.1 Å². The van der Waals surface area contributed by atoms with E-state index in [0.29, 0.717) is 29.4 Å². The number of hydrogen-bond donors (Lipinski definition) is 1. The number of halogens is 2. The van der Waals surface area contributed by atoms with Crippen molar-refractivity contribution in [2.45, 2.75) is 57.6 Å². The molecule has 0 unspecified atom stereocenters. The molecule has 3 rings (SSSR count). The van der Waals surface area contributed by atoms with Crippen LogP contribution >= 0.6 is 11.6 Å². The van der Waals surface area contributed by atoms with E-state index in [1.807, 2.05) is 20.8 Å². The Morgan fingerprint density at radius 3 is 2.12 bits per heavy atom. The number of sulfonamides is 1. The zero-order valence-corrected chi connectivity index (χ0v) is 25.1. The van der Waals surface area contributed by atoms with Gasteiger partial charge >= 0.3 is 0 Å². The Kier molecular flexibility index (Phi) is 11.1. The smallest absolute Gasteiger partial charge is 0.264 e. The fourth-order valence-corrected chi connectivity index (χ4v) is 5.51. The largest absolute Gasteiger partial charge is 0.494 e. The van der Waals surface area contributed by atoms with Gasteiger partial charge in [0.1, 0.15) is 24.2 Å². The number of ether oxygens (including phenoxy) is 1. The number of hydrogen-bond acceptors (Lipinski definition) is 5. The summed E-state index contributed by atoms with van der Waals surface area (Å²) in [6.45, 7) is 6.98. The van der Waals surface area contributed by atoms with Crippen LogP contribution in [-0.2, 0) is 26.2 Å². The molecule has 41 heavy (non-hydrogen) atoms. The number of amides is 2. The van der Waals surface area contributed by atoms with E-state index in [4.69, 9.17) is 16.3 Å². The second-order valence-corrected chi connectivity index (χ2v) is 11.8. The van der Waals surface area contributed by atoms with Crippen molar-refractivity contribution in [3.63, 3.8) is 0 Å². The maximum atomic E-state index is 13.9. The first-order chi connectivity index (χ1) is 19.5. The molecule has 1 N–H and O–H groups in total. The van der Waals surface area contributed by atoms with Crippen LogP contribution in [0.2, 0.25) is 5.02 Å². The molecule has 8 nitrogen and oxygen atoms in total. The van der Waals surface area contributed by atoms with Crippen molar-refractivity contribution in [2.24, 2.45) is 0 Å². The Morgan fingerprint density at radius 2 is 1.56 bits per heavy atom. The summed E-state index contributed by atoms with van der Waals surface area (Å²) in [7, 11) is -4.24. The zero-order chi connectivity index (χ0) is 30.2. The predicted molar refractivity (Wildman–Crippen MR) is 158 cm³/mol. The number of carbonyl (C=O) groups excluding carboxylic acids is 2. The van der Waals surface area contributed by atoms with Crippen molar-refractivity contribution in [2.75, 3.05) is 17.5 Å². The van der Waals surface area contributed by atoms with Crippen LogP contribution in [0.25, 0.3) is 0 Å². The molecule has 220 valence electrons. The summed E-state index contributed by atoms with van der Waals surface area (Å²) in [6.07, 6.45) is 0.690. The average Bonchev–Trinajstić information content (AvgIpc) is 2.95.